The number of nitrogen functional groups attached to an aromatic ring is 1. The maximum atomic E-state index is 6.03. The second kappa shape index (κ2) is 5.98. The Morgan fingerprint density at radius 1 is 1.06 bits per heavy atom. The number of benzene rings is 2. The fourth-order valence-corrected chi connectivity index (χ4v) is 2.21. The first-order chi connectivity index (χ1) is 8.66. The quantitative estimate of drug-likeness (QED) is 0.853. The zero-order chi connectivity index (χ0) is 13.0. The van der Waals surface area contributed by atoms with Crippen LogP contribution in [0.25, 0.3) is 0 Å². The van der Waals surface area contributed by atoms with Gasteiger partial charge in [0, 0.05) is 11.4 Å². The monoisotopic (exact) mass is 281 g/mol. The molecule has 0 radical (unpaired) electrons. The molecule has 2 nitrogen and oxygen atoms in total. The molecule has 0 atom stereocenters. The molecule has 2 aromatic rings. The molecule has 0 unspecified atom stereocenters. The minimum Gasteiger partial charge on any atom is -0.490 e. The zero-order valence-corrected chi connectivity index (χ0v) is 11.2. The largest absolute Gasteiger partial charge is 0.490 e. The number of nitrogens with two attached hydrogens (primary N) is 1. The summed E-state index contributed by atoms with van der Waals surface area (Å²) in [5.41, 5.74) is 7.48. The fraction of sp³-hybridized carbons (Fsp3) is 0.143. The number of hydrogen-bond acceptors (Lipinski definition) is 2. The van der Waals surface area contributed by atoms with Crippen LogP contribution in [0, 0.1) is 0 Å². The van der Waals surface area contributed by atoms with Gasteiger partial charge in [-0.3, -0.25) is 0 Å². The van der Waals surface area contributed by atoms with Crippen LogP contribution >= 0.6 is 23.2 Å². The van der Waals surface area contributed by atoms with Gasteiger partial charge < -0.3 is 10.5 Å². The average molecular weight is 282 g/mol. The van der Waals surface area contributed by atoms with Crippen molar-refractivity contribution in [3.05, 3.63) is 58.1 Å². The van der Waals surface area contributed by atoms with Crippen LogP contribution in [-0.4, -0.2) is 6.61 Å². The molecular weight excluding hydrogens is 269 g/mol. The number of halogens is 2. The van der Waals surface area contributed by atoms with Crippen LogP contribution in [0.2, 0.25) is 10.0 Å². The van der Waals surface area contributed by atoms with Crippen LogP contribution in [0.4, 0.5) is 5.69 Å². The predicted octanol–water partition coefficient (Wildman–Crippen LogP) is 4.20. The zero-order valence-electron chi connectivity index (χ0n) is 9.70. The minimum absolute atomic E-state index is 0.438. The highest BCUT2D eigenvalue weighted by molar-refractivity contribution is 6.36. The van der Waals surface area contributed by atoms with Gasteiger partial charge in [0.05, 0.1) is 17.3 Å². The molecule has 0 saturated carbocycles. The standard InChI is InChI=1S/C14H13Cl2NO/c15-11-8-12(16)14(13(17)9-11)18-7-6-10-4-2-1-3-5-10/h1-5,8-9H,6-7,17H2. The highest BCUT2D eigenvalue weighted by Crippen LogP contribution is 2.34. The van der Waals surface area contributed by atoms with E-state index in [1.807, 2.05) is 18.2 Å². The van der Waals surface area contributed by atoms with Gasteiger partial charge >= 0.3 is 0 Å². The molecular formula is C14H13Cl2NO. The molecule has 2 aromatic carbocycles. The van der Waals surface area contributed by atoms with Crippen molar-refractivity contribution < 1.29 is 4.74 Å². The van der Waals surface area contributed by atoms with Gasteiger partial charge in [0.25, 0.3) is 0 Å². The van der Waals surface area contributed by atoms with Gasteiger partial charge in [-0.25, -0.2) is 0 Å². The normalized spacial score (nSPS) is 10.3. The highest BCUT2D eigenvalue weighted by Gasteiger charge is 2.08. The molecule has 0 spiro atoms. The van der Waals surface area contributed by atoms with Gasteiger partial charge in [-0.05, 0) is 17.7 Å². The van der Waals surface area contributed by atoms with E-state index in [9.17, 15) is 0 Å². The van der Waals surface area contributed by atoms with Crippen molar-refractivity contribution in [1.82, 2.24) is 0 Å². The van der Waals surface area contributed by atoms with Crippen LogP contribution in [0.15, 0.2) is 42.5 Å². The number of hydrogen-bond donors (Lipinski definition) is 1. The van der Waals surface area contributed by atoms with E-state index in [1.165, 1.54) is 5.56 Å². The van der Waals surface area contributed by atoms with Gasteiger partial charge in [0.2, 0.25) is 0 Å². The van der Waals surface area contributed by atoms with Crippen LogP contribution in [-0.2, 0) is 6.42 Å². The van der Waals surface area contributed by atoms with Crippen molar-refractivity contribution in [3.63, 3.8) is 0 Å². The lowest BCUT2D eigenvalue weighted by molar-refractivity contribution is 0.324. The molecule has 4 heteroatoms. The van der Waals surface area contributed by atoms with Crippen molar-refractivity contribution in [1.29, 1.82) is 0 Å². The second-order valence-electron chi connectivity index (χ2n) is 3.89. The summed E-state index contributed by atoms with van der Waals surface area (Å²) >= 11 is 11.9. The van der Waals surface area contributed by atoms with E-state index in [0.717, 1.165) is 6.42 Å². The van der Waals surface area contributed by atoms with Crippen molar-refractivity contribution in [2.24, 2.45) is 0 Å². The average Bonchev–Trinajstić information content (AvgIpc) is 2.34. The minimum atomic E-state index is 0.438. The Hall–Kier alpha value is -1.38. The molecule has 94 valence electrons. The van der Waals surface area contributed by atoms with Gasteiger partial charge in [-0.2, -0.15) is 0 Å². The lowest BCUT2D eigenvalue weighted by atomic mass is 10.2. The van der Waals surface area contributed by atoms with Gasteiger partial charge in [0.1, 0.15) is 0 Å². The van der Waals surface area contributed by atoms with E-state index in [-0.39, 0.29) is 0 Å². The summed E-state index contributed by atoms with van der Waals surface area (Å²) in [5, 5.41) is 0.945. The van der Waals surface area contributed by atoms with Crippen molar-refractivity contribution in [2.45, 2.75) is 6.42 Å². The fourth-order valence-electron chi connectivity index (χ4n) is 1.65. The van der Waals surface area contributed by atoms with E-state index < -0.39 is 0 Å². The van der Waals surface area contributed by atoms with E-state index >= 15 is 0 Å². The van der Waals surface area contributed by atoms with Gasteiger partial charge in [0.15, 0.2) is 5.75 Å². The molecule has 0 amide bonds. The summed E-state index contributed by atoms with van der Waals surface area (Å²) < 4.78 is 5.61. The first-order valence-corrected chi connectivity index (χ1v) is 6.33. The Labute approximate surface area is 116 Å². The summed E-state index contributed by atoms with van der Waals surface area (Å²) in [6.45, 7) is 0.523. The molecule has 2 N–H and O–H groups in total. The van der Waals surface area contributed by atoms with E-state index in [0.29, 0.717) is 28.1 Å². The molecule has 0 saturated heterocycles. The Balaban J connectivity index is 1.99. The smallest absolute Gasteiger partial charge is 0.160 e. The maximum Gasteiger partial charge on any atom is 0.160 e. The Kier molecular flexibility index (Phi) is 4.34. The summed E-state index contributed by atoms with van der Waals surface area (Å²) in [4.78, 5) is 0. The van der Waals surface area contributed by atoms with Crippen molar-refractivity contribution >= 4 is 28.9 Å². The summed E-state index contributed by atoms with van der Waals surface area (Å²) in [5.74, 6) is 0.497. The van der Waals surface area contributed by atoms with Crippen LogP contribution in [0.1, 0.15) is 5.56 Å². The van der Waals surface area contributed by atoms with Crippen molar-refractivity contribution in [3.8, 4) is 5.75 Å². The molecule has 0 aliphatic rings. The number of anilines is 1. The van der Waals surface area contributed by atoms with Crippen LogP contribution < -0.4 is 10.5 Å². The van der Waals surface area contributed by atoms with Crippen molar-refractivity contribution in [2.75, 3.05) is 12.3 Å². The molecule has 0 fully saturated rings. The van der Waals surface area contributed by atoms with Gasteiger partial charge in [-0.1, -0.05) is 53.5 Å². The molecule has 0 aliphatic carbocycles. The third-order valence-corrected chi connectivity index (χ3v) is 3.02. The third-order valence-electron chi connectivity index (χ3n) is 2.52. The molecule has 0 aliphatic heterocycles. The number of rotatable bonds is 4. The first-order valence-electron chi connectivity index (χ1n) is 5.58. The summed E-state index contributed by atoms with van der Waals surface area (Å²) in [7, 11) is 0. The molecule has 0 aromatic heterocycles. The predicted molar refractivity (Wildman–Crippen MR) is 76.5 cm³/mol. The van der Waals surface area contributed by atoms with Crippen LogP contribution in [0.3, 0.4) is 0 Å². The summed E-state index contributed by atoms with van der Waals surface area (Å²) in [6, 6.07) is 13.3. The SMILES string of the molecule is Nc1cc(Cl)cc(Cl)c1OCCc1ccccc1. The molecule has 18 heavy (non-hydrogen) atoms. The molecule has 2 rings (SSSR count). The lowest BCUT2D eigenvalue weighted by Gasteiger charge is -2.11. The van der Waals surface area contributed by atoms with Crippen LogP contribution in [0.5, 0.6) is 5.75 Å². The van der Waals surface area contributed by atoms with Gasteiger partial charge in [-0.15, -0.1) is 0 Å². The molecule has 0 bridgehead atoms. The first kappa shape index (κ1) is 13.1. The highest BCUT2D eigenvalue weighted by atomic mass is 35.5. The second-order valence-corrected chi connectivity index (χ2v) is 4.73. The Morgan fingerprint density at radius 3 is 2.44 bits per heavy atom. The topological polar surface area (TPSA) is 35.2 Å². The maximum absolute atomic E-state index is 6.03. The van der Waals surface area contributed by atoms with E-state index in [4.69, 9.17) is 33.7 Å². The summed E-state index contributed by atoms with van der Waals surface area (Å²) in [6.07, 6.45) is 0.805. The Bertz CT molecular complexity index is 506. The van der Waals surface area contributed by atoms with E-state index in [1.54, 1.807) is 12.1 Å². The lowest BCUT2D eigenvalue weighted by Crippen LogP contribution is -2.04. The Morgan fingerprint density at radius 2 is 1.78 bits per heavy atom. The molecule has 0 heterocycles. The third kappa shape index (κ3) is 3.31. The number of ether oxygens (including phenoxy) is 1. The van der Waals surface area contributed by atoms with E-state index in [2.05, 4.69) is 12.1 Å².